The summed E-state index contributed by atoms with van der Waals surface area (Å²) in [6, 6.07) is 3.96. The molecular weight excluding hydrogens is 324 g/mol. The number of amides is 1. The Balaban J connectivity index is 2.81. The molecular formula is C14H15BrN2O3. The van der Waals surface area contributed by atoms with Crippen molar-refractivity contribution in [2.45, 2.75) is 19.4 Å². The maximum absolute atomic E-state index is 11.7. The van der Waals surface area contributed by atoms with Crippen LogP contribution in [0.3, 0.4) is 0 Å². The Hall–Kier alpha value is -1.84. The molecule has 0 aromatic heterocycles. The molecule has 1 amide bonds. The molecule has 1 aromatic carbocycles. The van der Waals surface area contributed by atoms with E-state index in [0.29, 0.717) is 22.3 Å². The van der Waals surface area contributed by atoms with Crippen LogP contribution < -0.4 is 11.1 Å². The topological polar surface area (TPSA) is 81.4 Å². The number of rotatable bonds is 5. The predicted octanol–water partition coefficient (Wildman–Crippen LogP) is 1.91. The van der Waals surface area contributed by atoms with Crippen LogP contribution in [-0.4, -0.2) is 24.5 Å². The molecule has 1 aromatic rings. The smallest absolute Gasteiger partial charge is 0.338 e. The molecule has 0 bridgehead atoms. The summed E-state index contributed by atoms with van der Waals surface area (Å²) in [6.07, 6.45) is 5.26. The lowest BCUT2D eigenvalue weighted by Crippen LogP contribution is -2.35. The van der Waals surface area contributed by atoms with Gasteiger partial charge in [0.05, 0.1) is 23.9 Å². The van der Waals surface area contributed by atoms with E-state index in [1.54, 1.807) is 25.1 Å². The number of hydrogen-bond donors (Lipinski definition) is 2. The number of benzene rings is 1. The molecule has 106 valence electrons. The van der Waals surface area contributed by atoms with Crippen molar-refractivity contribution in [1.82, 2.24) is 0 Å². The van der Waals surface area contributed by atoms with Crippen LogP contribution in [0.2, 0.25) is 0 Å². The van der Waals surface area contributed by atoms with E-state index in [1.165, 1.54) is 0 Å². The highest BCUT2D eigenvalue weighted by Crippen LogP contribution is 2.24. The van der Waals surface area contributed by atoms with Crippen molar-refractivity contribution < 1.29 is 14.3 Å². The summed E-state index contributed by atoms with van der Waals surface area (Å²) in [5, 5.41) is 2.63. The third-order valence-corrected chi connectivity index (χ3v) is 3.07. The molecule has 1 unspecified atom stereocenters. The van der Waals surface area contributed by atoms with Gasteiger partial charge >= 0.3 is 5.97 Å². The van der Waals surface area contributed by atoms with Gasteiger partial charge in [0.15, 0.2) is 0 Å². The van der Waals surface area contributed by atoms with Crippen LogP contribution >= 0.6 is 15.9 Å². The first-order valence-corrected chi connectivity index (χ1v) is 6.75. The van der Waals surface area contributed by atoms with Crippen LogP contribution in [0.1, 0.15) is 23.7 Å². The monoisotopic (exact) mass is 338 g/mol. The highest BCUT2D eigenvalue weighted by atomic mass is 79.9. The molecule has 0 aliphatic heterocycles. The standard InChI is InChI=1S/C14H15BrN2O3/c1-3-5-11(16)13(18)17-12-7-6-9(8-10(12)15)14(19)20-4-2/h1,6-8,11H,4-5,16H2,2H3,(H,17,18). The SMILES string of the molecule is C#CCC(N)C(=O)Nc1ccc(C(=O)OCC)cc1Br. The minimum atomic E-state index is -0.767. The molecule has 6 heteroatoms. The zero-order chi connectivity index (χ0) is 15.1. The molecule has 5 nitrogen and oxygen atoms in total. The van der Waals surface area contributed by atoms with Crippen molar-refractivity contribution >= 4 is 33.5 Å². The highest BCUT2D eigenvalue weighted by Gasteiger charge is 2.15. The van der Waals surface area contributed by atoms with Gasteiger partial charge in [-0.05, 0) is 41.1 Å². The molecule has 1 rings (SSSR count). The average Bonchev–Trinajstić information content (AvgIpc) is 2.41. The summed E-state index contributed by atoms with van der Waals surface area (Å²) >= 11 is 3.28. The van der Waals surface area contributed by atoms with Crippen LogP contribution in [0.4, 0.5) is 5.69 Å². The van der Waals surface area contributed by atoms with Crippen molar-refractivity contribution in [3.63, 3.8) is 0 Å². The average molecular weight is 339 g/mol. The number of terminal acetylenes is 1. The Morgan fingerprint density at radius 3 is 2.80 bits per heavy atom. The first-order chi connectivity index (χ1) is 9.49. The Morgan fingerprint density at radius 1 is 1.55 bits per heavy atom. The zero-order valence-electron chi connectivity index (χ0n) is 11.0. The summed E-state index contributed by atoms with van der Waals surface area (Å²) in [7, 11) is 0. The van der Waals surface area contributed by atoms with E-state index < -0.39 is 12.0 Å². The number of carbonyl (C=O) groups is 2. The quantitative estimate of drug-likeness (QED) is 0.634. The Kier molecular flexibility index (Phi) is 6.22. The number of esters is 1. The number of nitrogens with two attached hydrogens (primary N) is 1. The number of anilines is 1. The van der Waals surface area contributed by atoms with Crippen LogP contribution in [0.25, 0.3) is 0 Å². The van der Waals surface area contributed by atoms with Crippen LogP contribution in [0, 0.1) is 12.3 Å². The molecule has 1 atom stereocenters. The zero-order valence-corrected chi connectivity index (χ0v) is 12.6. The van der Waals surface area contributed by atoms with Crippen molar-refractivity contribution in [2.24, 2.45) is 5.73 Å². The molecule has 0 spiro atoms. The van der Waals surface area contributed by atoms with Crippen LogP contribution in [-0.2, 0) is 9.53 Å². The summed E-state index contributed by atoms with van der Waals surface area (Å²) < 4.78 is 5.44. The number of carbonyl (C=O) groups excluding carboxylic acids is 2. The van der Waals surface area contributed by atoms with Gasteiger partial charge in [-0.2, -0.15) is 0 Å². The minimum absolute atomic E-state index is 0.157. The van der Waals surface area contributed by atoms with Crippen LogP contribution in [0.5, 0.6) is 0 Å². The molecule has 0 saturated heterocycles. The van der Waals surface area contributed by atoms with Gasteiger partial charge in [-0.1, -0.05) is 0 Å². The van der Waals surface area contributed by atoms with E-state index in [4.69, 9.17) is 16.9 Å². The maximum atomic E-state index is 11.7. The van der Waals surface area contributed by atoms with Gasteiger partial charge in [0, 0.05) is 10.9 Å². The third kappa shape index (κ3) is 4.37. The maximum Gasteiger partial charge on any atom is 0.338 e. The highest BCUT2D eigenvalue weighted by molar-refractivity contribution is 9.10. The lowest BCUT2D eigenvalue weighted by Gasteiger charge is -2.12. The summed E-state index contributed by atoms with van der Waals surface area (Å²) in [5.41, 5.74) is 6.50. The van der Waals surface area contributed by atoms with E-state index in [9.17, 15) is 9.59 Å². The van der Waals surface area contributed by atoms with Crippen molar-refractivity contribution in [3.8, 4) is 12.3 Å². The largest absolute Gasteiger partial charge is 0.462 e. The summed E-state index contributed by atoms with van der Waals surface area (Å²) in [5.74, 6) is 1.53. The normalized spacial score (nSPS) is 11.3. The van der Waals surface area contributed by atoms with Gasteiger partial charge in [0.1, 0.15) is 0 Å². The molecule has 0 aliphatic rings. The van der Waals surface area contributed by atoms with Crippen molar-refractivity contribution in [1.29, 1.82) is 0 Å². The van der Waals surface area contributed by atoms with Gasteiger partial charge in [0.25, 0.3) is 0 Å². The molecule has 0 saturated carbocycles. The Morgan fingerprint density at radius 2 is 2.25 bits per heavy atom. The molecule has 0 fully saturated rings. The number of ether oxygens (including phenoxy) is 1. The van der Waals surface area contributed by atoms with E-state index in [-0.39, 0.29) is 12.3 Å². The van der Waals surface area contributed by atoms with E-state index in [2.05, 4.69) is 27.2 Å². The van der Waals surface area contributed by atoms with Crippen LogP contribution in [0.15, 0.2) is 22.7 Å². The Labute approximate surface area is 126 Å². The van der Waals surface area contributed by atoms with Gasteiger partial charge in [-0.15, -0.1) is 12.3 Å². The van der Waals surface area contributed by atoms with Gasteiger partial charge < -0.3 is 15.8 Å². The van der Waals surface area contributed by atoms with Gasteiger partial charge in [-0.25, -0.2) is 4.79 Å². The fraction of sp³-hybridized carbons (Fsp3) is 0.286. The third-order valence-electron chi connectivity index (χ3n) is 2.41. The second kappa shape index (κ2) is 7.68. The first-order valence-electron chi connectivity index (χ1n) is 5.96. The molecule has 0 heterocycles. The first kappa shape index (κ1) is 16.2. The number of halogens is 1. The number of hydrogen-bond acceptors (Lipinski definition) is 4. The second-order valence-electron chi connectivity index (χ2n) is 3.92. The van der Waals surface area contributed by atoms with E-state index >= 15 is 0 Å². The minimum Gasteiger partial charge on any atom is -0.462 e. The fourth-order valence-corrected chi connectivity index (χ4v) is 1.88. The van der Waals surface area contributed by atoms with E-state index in [1.807, 2.05) is 0 Å². The molecule has 0 aliphatic carbocycles. The predicted molar refractivity (Wildman–Crippen MR) is 80.2 cm³/mol. The molecule has 0 radical (unpaired) electrons. The van der Waals surface area contributed by atoms with Crippen molar-refractivity contribution in [3.05, 3.63) is 28.2 Å². The van der Waals surface area contributed by atoms with Crippen molar-refractivity contribution in [2.75, 3.05) is 11.9 Å². The van der Waals surface area contributed by atoms with Gasteiger partial charge in [0.2, 0.25) is 5.91 Å². The number of nitrogens with one attached hydrogen (secondary N) is 1. The lowest BCUT2D eigenvalue weighted by atomic mass is 10.2. The molecule has 20 heavy (non-hydrogen) atoms. The lowest BCUT2D eigenvalue weighted by molar-refractivity contribution is -0.117. The van der Waals surface area contributed by atoms with Gasteiger partial charge in [-0.3, -0.25) is 4.79 Å². The Bertz CT molecular complexity index is 552. The second-order valence-corrected chi connectivity index (χ2v) is 4.77. The molecule has 3 N–H and O–H groups in total. The summed E-state index contributed by atoms with van der Waals surface area (Å²) in [4.78, 5) is 23.3. The fourth-order valence-electron chi connectivity index (χ4n) is 1.40. The van der Waals surface area contributed by atoms with E-state index in [0.717, 1.165) is 0 Å². The summed E-state index contributed by atoms with van der Waals surface area (Å²) in [6.45, 7) is 2.03.